The van der Waals surface area contributed by atoms with Crippen LogP contribution in [0, 0.1) is 0 Å². The molecule has 2 N–H and O–H groups in total. The molecule has 2 fully saturated rings. The fourth-order valence-electron chi connectivity index (χ4n) is 3.29. The van der Waals surface area contributed by atoms with E-state index in [-0.39, 0.29) is 18.2 Å². The molecule has 2 saturated heterocycles. The summed E-state index contributed by atoms with van der Waals surface area (Å²) < 4.78 is 10.5. The van der Waals surface area contributed by atoms with E-state index in [0.717, 1.165) is 31.9 Å². The minimum Gasteiger partial charge on any atom is -0.465 e. The van der Waals surface area contributed by atoms with Crippen LogP contribution in [0.5, 0.6) is 0 Å². The van der Waals surface area contributed by atoms with Crippen LogP contribution in [-0.2, 0) is 14.3 Å². The van der Waals surface area contributed by atoms with Crippen molar-refractivity contribution in [2.24, 2.45) is 0 Å². The van der Waals surface area contributed by atoms with E-state index in [2.05, 4.69) is 9.80 Å². The van der Waals surface area contributed by atoms with Gasteiger partial charge in [-0.05, 0) is 31.2 Å². The minimum atomic E-state index is -0.319. The number of piperazine rings is 1. The van der Waals surface area contributed by atoms with Crippen LogP contribution in [0.25, 0.3) is 0 Å². The van der Waals surface area contributed by atoms with Gasteiger partial charge in [-0.15, -0.1) is 0 Å². The van der Waals surface area contributed by atoms with Gasteiger partial charge in [0.05, 0.1) is 19.7 Å². The predicted octanol–water partition coefficient (Wildman–Crippen LogP) is 0.775. The zero-order valence-corrected chi connectivity index (χ0v) is 15.1. The maximum atomic E-state index is 12.1. The molecule has 1 amide bonds. The van der Waals surface area contributed by atoms with Gasteiger partial charge in [-0.25, -0.2) is 4.79 Å². The molecule has 3 rings (SSSR count). The van der Waals surface area contributed by atoms with Crippen LogP contribution in [0.2, 0.25) is 0 Å². The Labute approximate surface area is 153 Å². The normalized spacial score (nSPS) is 21.7. The van der Waals surface area contributed by atoms with Crippen molar-refractivity contribution in [1.29, 1.82) is 0 Å². The van der Waals surface area contributed by atoms with Gasteiger partial charge in [0.15, 0.2) is 0 Å². The lowest BCUT2D eigenvalue weighted by Crippen LogP contribution is -2.50. The van der Waals surface area contributed by atoms with Gasteiger partial charge >= 0.3 is 12.1 Å². The van der Waals surface area contributed by atoms with Gasteiger partial charge in [-0.2, -0.15) is 0 Å². The second-order valence-corrected chi connectivity index (χ2v) is 6.59. The summed E-state index contributed by atoms with van der Waals surface area (Å²) in [7, 11) is 0. The van der Waals surface area contributed by atoms with Crippen molar-refractivity contribution < 1.29 is 19.1 Å². The Bertz CT molecular complexity index is 629. The Hall–Kier alpha value is -2.32. The summed E-state index contributed by atoms with van der Waals surface area (Å²) in [6.45, 7) is 7.09. The van der Waals surface area contributed by atoms with E-state index in [1.807, 2.05) is 19.1 Å². The third kappa shape index (κ3) is 4.64. The second kappa shape index (κ2) is 8.37. The average Bonchev–Trinajstić information content (AvgIpc) is 2.98. The summed E-state index contributed by atoms with van der Waals surface area (Å²) in [6.07, 6.45) is -0.475. The van der Waals surface area contributed by atoms with Crippen LogP contribution in [0.1, 0.15) is 6.92 Å². The number of cyclic esters (lactones) is 1. The number of carbonyl (C=O) groups is 2. The van der Waals surface area contributed by atoms with Gasteiger partial charge in [-0.3, -0.25) is 19.5 Å². The van der Waals surface area contributed by atoms with Crippen molar-refractivity contribution in [3.63, 3.8) is 0 Å². The Balaban J connectivity index is 1.45. The van der Waals surface area contributed by atoms with Gasteiger partial charge in [0.2, 0.25) is 0 Å². The third-order valence-electron chi connectivity index (χ3n) is 4.66. The number of nitrogens with two attached hydrogens (primary N) is 1. The molecule has 2 aliphatic heterocycles. The van der Waals surface area contributed by atoms with E-state index in [1.54, 1.807) is 17.0 Å². The summed E-state index contributed by atoms with van der Waals surface area (Å²) in [4.78, 5) is 29.7. The fourth-order valence-corrected chi connectivity index (χ4v) is 3.29. The molecule has 1 atom stereocenters. The summed E-state index contributed by atoms with van der Waals surface area (Å²) in [5, 5.41) is 0. The molecule has 26 heavy (non-hydrogen) atoms. The summed E-state index contributed by atoms with van der Waals surface area (Å²) in [5.41, 5.74) is 7.16. The summed E-state index contributed by atoms with van der Waals surface area (Å²) >= 11 is 0. The number of nitrogen functional groups attached to an aromatic ring is 1. The molecule has 2 aliphatic rings. The molecular formula is C18H26N4O4. The highest BCUT2D eigenvalue weighted by molar-refractivity contribution is 5.89. The maximum absolute atomic E-state index is 12.1. The first-order chi connectivity index (χ1) is 12.5. The topological polar surface area (TPSA) is 88.3 Å². The monoisotopic (exact) mass is 362 g/mol. The average molecular weight is 362 g/mol. The number of hydrogen-bond acceptors (Lipinski definition) is 7. The van der Waals surface area contributed by atoms with Crippen LogP contribution in [0.15, 0.2) is 24.3 Å². The van der Waals surface area contributed by atoms with Crippen molar-refractivity contribution in [3.05, 3.63) is 24.3 Å². The standard InChI is InChI=1S/C18H26N4O4/c1-2-25-17(23)13-21-9-7-20(8-10-21)11-16-12-22(18(24)26-16)15-5-3-14(19)4-6-15/h3-6,16H,2,7-13,19H2,1H3. The van der Waals surface area contributed by atoms with E-state index in [9.17, 15) is 9.59 Å². The molecule has 0 aromatic heterocycles. The molecule has 0 aliphatic carbocycles. The lowest BCUT2D eigenvalue weighted by molar-refractivity contribution is -0.144. The molecule has 0 radical (unpaired) electrons. The molecule has 1 unspecified atom stereocenters. The van der Waals surface area contributed by atoms with Crippen LogP contribution in [0.4, 0.5) is 16.2 Å². The molecule has 1 aromatic carbocycles. The first-order valence-corrected chi connectivity index (χ1v) is 8.99. The van der Waals surface area contributed by atoms with E-state index < -0.39 is 0 Å². The lowest BCUT2D eigenvalue weighted by atomic mass is 10.2. The quantitative estimate of drug-likeness (QED) is 0.591. The van der Waals surface area contributed by atoms with E-state index in [1.165, 1.54) is 0 Å². The van der Waals surface area contributed by atoms with Crippen molar-refractivity contribution in [1.82, 2.24) is 9.80 Å². The van der Waals surface area contributed by atoms with Gasteiger partial charge in [-0.1, -0.05) is 0 Å². The van der Waals surface area contributed by atoms with Crippen LogP contribution in [-0.4, -0.2) is 80.4 Å². The number of nitrogens with zero attached hydrogens (tertiary/aromatic N) is 3. The Kier molecular flexibility index (Phi) is 5.95. The number of esters is 1. The van der Waals surface area contributed by atoms with Gasteiger partial charge < -0.3 is 15.2 Å². The first-order valence-electron chi connectivity index (χ1n) is 8.99. The zero-order chi connectivity index (χ0) is 18.5. The van der Waals surface area contributed by atoms with Crippen LogP contribution in [0.3, 0.4) is 0 Å². The molecular weight excluding hydrogens is 336 g/mol. The first kappa shape index (κ1) is 18.5. The SMILES string of the molecule is CCOC(=O)CN1CCN(CC2CN(c3ccc(N)cc3)C(=O)O2)CC1. The van der Waals surface area contributed by atoms with E-state index >= 15 is 0 Å². The van der Waals surface area contributed by atoms with E-state index in [0.29, 0.717) is 31.9 Å². The zero-order valence-electron chi connectivity index (χ0n) is 15.1. The van der Waals surface area contributed by atoms with Crippen molar-refractivity contribution in [2.75, 3.05) is 63.1 Å². The highest BCUT2D eigenvalue weighted by Gasteiger charge is 2.34. The minimum absolute atomic E-state index is 0.156. The fraction of sp³-hybridized carbons (Fsp3) is 0.556. The molecule has 0 bridgehead atoms. The number of rotatable bonds is 6. The molecule has 142 valence electrons. The number of anilines is 2. The number of amides is 1. The van der Waals surface area contributed by atoms with Crippen LogP contribution < -0.4 is 10.6 Å². The Morgan fingerprint density at radius 1 is 1.19 bits per heavy atom. The van der Waals surface area contributed by atoms with Crippen molar-refractivity contribution in [2.45, 2.75) is 13.0 Å². The predicted molar refractivity (Wildman–Crippen MR) is 98.0 cm³/mol. The number of ether oxygens (including phenoxy) is 2. The van der Waals surface area contributed by atoms with Crippen molar-refractivity contribution >= 4 is 23.4 Å². The summed E-state index contributed by atoms with van der Waals surface area (Å²) in [6, 6.07) is 7.21. The highest BCUT2D eigenvalue weighted by atomic mass is 16.6. The van der Waals surface area contributed by atoms with E-state index in [4.69, 9.17) is 15.2 Å². The maximum Gasteiger partial charge on any atom is 0.414 e. The number of benzene rings is 1. The Morgan fingerprint density at radius 3 is 2.50 bits per heavy atom. The van der Waals surface area contributed by atoms with Gasteiger partial charge in [0.1, 0.15) is 6.10 Å². The van der Waals surface area contributed by atoms with Crippen LogP contribution >= 0.6 is 0 Å². The number of carbonyl (C=O) groups excluding carboxylic acids is 2. The molecule has 8 heteroatoms. The third-order valence-corrected chi connectivity index (χ3v) is 4.66. The molecule has 0 saturated carbocycles. The smallest absolute Gasteiger partial charge is 0.414 e. The largest absolute Gasteiger partial charge is 0.465 e. The van der Waals surface area contributed by atoms with Gasteiger partial charge in [0, 0.05) is 44.1 Å². The molecule has 2 heterocycles. The molecule has 0 spiro atoms. The molecule has 8 nitrogen and oxygen atoms in total. The number of hydrogen-bond donors (Lipinski definition) is 1. The highest BCUT2D eigenvalue weighted by Crippen LogP contribution is 2.23. The molecule has 1 aromatic rings. The van der Waals surface area contributed by atoms with Gasteiger partial charge in [0.25, 0.3) is 0 Å². The lowest BCUT2D eigenvalue weighted by Gasteiger charge is -2.34. The Morgan fingerprint density at radius 2 is 1.85 bits per heavy atom. The summed E-state index contributed by atoms with van der Waals surface area (Å²) in [5.74, 6) is -0.176. The van der Waals surface area contributed by atoms with Crippen molar-refractivity contribution in [3.8, 4) is 0 Å². The second-order valence-electron chi connectivity index (χ2n) is 6.59.